The monoisotopic (exact) mass is 486 g/mol. The van der Waals surface area contributed by atoms with Gasteiger partial charge in [-0.1, -0.05) is 72.3 Å². The molecule has 0 saturated heterocycles. The molecule has 0 aromatic heterocycles. The van der Waals surface area contributed by atoms with Crippen molar-refractivity contribution in [3.8, 4) is 0 Å². The molecule has 1 amide bonds. The van der Waals surface area contributed by atoms with Crippen LogP contribution >= 0.6 is 11.6 Å². The Morgan fingerprint density at radius 1 is 0.971 bits per heavy atom. The average molecular weight is 487 g/mol. The van der Waals surface area contributed by atoms with Crippen molar-refractivity contribution in [3.63, 3.8) is 0 Å². The normalized spacial score (nSPS) is 19.5. The lowest BCUT2D eigenvalue weighted by Gasteiger charge is -2.32. The van der Waals surface area contributed by atoms with Gasteiger partial charge in [-0.3, -0.25) is 9.69 Å². The van der Waals surface area contributed by atoms with Crippen molar-refractivity contribution >= 4 is 29.2 Å². The molecular formula is C28H23ClN2O4. The van der Waals surface area contributed by atoms with Crippen LogP contribution in [0.4, 0.5) is 5.69 Å². The molecule has 2 N–H and O–H groups in total. The smallest absolute Gasteiger partial charge is 0.340 e. The van der Waals surface area contributed by atoms with Crippen molar-refractivity contribution < 1.29 is 19.1 Å². The number of esters is 1. The Morgan fingerprint density at radius 3 is 2.23 bits per heavy atom. The summed E-state index contributed by atoms with van der Waals surface area (Å²) in [6.07, 6.45) is 0. The number of nitrogens with zero attached hydrogens (tertiary/aromatic N) is 1. The van der Waals surface area contributed by atoms with Crippen LogP contribution in [0, 0.1) is 0 Å². The van der Waals surface area contributed by atoms with Crippen LogP contribution in [0.2, 0.25) is 5.02 Å². The van der Waals surface area contributed by atoms with Crippen LogP contribution in [0.3, 0.4) is 0 Å². The van der Waals surface area contributed by atoms with Crippen molar-refractivity contribution in [1.29, 1.82) is 0 Å². The third-order valence-electron chi connectivity index (χ3n) is 6.15. The van der Waals surface area contributed by atoms with E-state index in [0.29, 0.717) is 16.3 Å². The predicted octanol–water partition coefficient (Wildman–Crippen LogP) is 5.23. The highest BCUT2D eigenvalue weighted by molar-refractivity contribution is 6.30. The second-order valence-electron chi connectivity index (χ2n) is 8.19. The molecule has 7 heteroatoms. The van der Waals surface area contributed by atoms with E-state index in [9.17, 15) is 9.59 Å². The fourth-order valence-electron chi connectivity index (χ4n) is 4.72. The minimum atomic E-state index is -0.669. The van der Waals surface area contributed by atoms with Crippen LogP contribution in [0.25, 0.3) is 0 Å². The van der Waals surface area contributed by atoms with Gasteiger partial charge in [-0.2, -0.15) is 0 Å². The van der Waals surface area contributed by atoms with Crippen LogP contribution in [0.1, 0.15) is 30.0 Å². The molecule has 0 saturated carbocycles. The van der Waals surface area contributed by atoms with Gasteiger partial charge in [0.25, 0.3) is 5.91 Å². The standard InChI is InChI=1S/C28H23ClN2O4/c1-2-34-28(33)23-21(17-13-15-19(29)16-14-17)22-24(18-9-5-3-6-10-18)31(20-11-7-4-8-12-20)27(32)25(22)35-26(23)30/h3-16,21,24H,2,30H2,1H3. The van der Waals surface area contributed by atoms with E-state index in [1.165, 1.54) is 0 Å². The van der Waals surface area contributed by atoms with Crippen LogP contribution in [-0.4, -0.2) is 18.5 Å². The number of carbonyl (C=O) groups is 2. The first-order valence-corrected chi connectivity index (χ1v) is 11.7. The molecule has 0 fully saturated rings. The number of amides is 1. The minimum Gasteiger partial charge on any atom is -0.462 e. The highest BCUT2D eigenvalue weighted by atomic mass is 35.5. The summed E-state index contributed by atoms with van der Waals surface area (Å²) < 4.78 is 11.3. The summed E-state index contributed by atoms with van der Waals surface area (Å²) in [6.45, 7) is 1.90. The first-order chi connectivity index (χ1) is 17.0. The summed E-state index contributed by atoms with van der Waals surface area (Å²) in [6, 6.07) is 25.6. The van der Waals surface area contributed by atoms with E-state index in [-0.39, 0.29) is 29.7 Å². The first-order valence-electron chi connectivity index (χ1n) is 11.3. The number of halogens is 1. The molecule has 2 aliphatic heterocycles. The Kier molecular flexibility index (Phi) is 6.05. The van der Waals surface area contributed by atoms with Crippen LogP contribution in [-0.2, 0) is 19.1 Å². The lowest BCUT2D eigenvalue weighted by Crippen LogP contribution is -2.30. The van der Waals surface area contributed by atoms with Crippen molar-refractivity contribution in [3.05, 3.63) is 124 Å². The number of carbonyl (C=O) groups excluding carboxylic acids is 2. The highest BCUT2D eigenvalue weighted by Crippen LogP contribution is 2.52. The maximum atomic E-state index is 13.8. The lowest BCUT2D eigenvalue weighted by atomic mass is 9.78. The molecule has 35 heavy (non-hydrogen) atoms. The molecule has 176 valence electrons. The van der Waals surface area contributed by atoms with Crippen LogP contribution in [0.5, 0.6) is 0 Å². The molecular weight excluding hydrogens is 464 g/mol. The maximum Gasteiger partial charge on any atom is 0.340 e. The van der Waals surface area contributed by atoms with Gasteiger partial charge in [0.2, 0.25) is 5.88 Å². The molecule has 0 bridgehead atoms. The molecule has 2 aliphatic rings. The maximum absolute atomic E-state index is 13.8. The number of benzene rings is 3. The van der Waals surface area contributed by atoms with Crippen LogP contribution < -0.4 is 10.6 Å². The van der Waals surface area contributed by atoms with Crippen molar-refractivity contribution in [1.82, 2.24) is 0 Å². The Morgan fingerprint density at radius 2 is 1.60 bits per heavy atom. The van der Waals surface area contributed by atoms with Gasteiger partial charge >= 0.3 is 5.97 Å². The number of hydrogen-bond acceptors (Lipinski definition) is 5. The predicted molar refractivity (Wildman–Crippen MR) is 133 cm³/mol. The van der Waals surface area contributed by atoms with E-state index >= 15 is 0 Å². The van der Waals surface area contributed by atoms with Crippen molar-refractivity contribution in [2.75, 3.05) is 11.5 Å². The Balaban J connectivity index is 1.75. The third-order valence-corrected chi connectivity index (χ3v) is 6.41. The van der Waals surface area contributed by atoms with Gasteiger partial charge in [0.15, 0.2) is 5.76 Å². The lowest BCUT2D eigenvalue weighted by molar-refractivity contribution is -0.139. The van der Waals surface area contributed by atoms with Crippen molar-refractivity contribution in [2.24, 2.45) is 5.73 Å². The zero-order chi connectivity index (χ0) is 24.5. The second kappa shape index (κ2) is 9.31. The first kappa shape index (κ1) is 22.7. The topological polar surface area (TPSA) is 81.9 Å². The van der Waals surface area contributed by atoms with E-state index in [0.717, 1.165) is 11.1 Å². The van der Waals surface area contributed by atoms with E-state index in [1.54, 1.807) is 24.0 Å². The summed E-state index contributed by atoms with van der Waals surface area (Å²) in [5.74, 6) is -1.61. The van der Waals surface area contributed by atoms with E-state index in [2.05, 4.69) is 0 Å². The quantitative estimate of drug-likeness (QED) is 0.499. The molecule has 3 aromatic rings. The minimum absolute atomic E-state index is 0.119. The molecule has 2 unspecified atom stereocenters. The van der Waals surface area contributed by atoms with E-state index < -0.39 is 17.9 Å². The number of rotatable bonds is 5. The number of ether oxygens (including phenoxy) is 2. The molecule has 3 aromatic carbocycles. The molecule has 2 heterocycles. The second-order valence-corrected chi connectivity index (χ2v) is 8.63. The Hall–Kier alpha value is -4.03. The molecule has 0 aliphatic carbocycles. The number of para-hydroxylation sites is 1. The Bertz CT molecular complexity index is 1330. The summed E-state index contributed by atoms with van der Waals surface area (Å²) in [5.41, 5.74) is 9.40. The zero-order valence-electron chi connectivity index (χ0n) is 19.0. The fraction of sp³-hybridized carbons (Fsp3) is 0.143. The largest absolute Gasteiger partial charge is 0.462 e. The number of nitrogens with two attached hydrogens (primary N) is 1. The molecule has 5 rings (SSSR count). The number of hydrogen-bond donors (Lipinski definition) is 1. The highest BCUT2D eigenvalue weighted by Gasteiger charge is 2.51. The van der Waals surface area contributed by atoms with E-state index in [4.69, 9.17) is 26.8 Å². The van der Waals surface area contributed by atoms with Crippen molar-refractivity contribution in [2.45, 2.75) is 18.9 Å². The summed E-state index contributed by atoms with van der Waals surface area (Å²) >= 11 is 6.16. The van der Waals surface area contributed by atoms with Gasteiger partial charge in [-0.15, -0.1) is 0 Å². The van der Waals surface area contributed by atoms with Gasteiger partial charge in [-0.25, -0.2) is 4.79 Å². The molecule has 0 spiro atoms. The fourth-order valence-corrected chi connectivity index (χ4v) is 4.84. The average Bonchev–Trinajstić information content (AvgIpc) is 3.16. The number of anilines is 1. The molecule has 0 radical (unpaired) electrons. The summed E-state index contributed by atoms with van der Waals surface area (Å²) in [5, 5.41) is 0.553. The molecule has 6 nitrogen and oxygen atoms in total. The Labute approximate surface area is 208 Å². The summed E-state index contributed by atoms with van der Waals surface area (Å²) in [4.78, 5) is 28.7. The summed E-state index contributed by atoms with van der Waals surface area (Å²) in [7, 11) is 0. The van der Waals surface area contributed by atoms with Gasteiger partial charge < -0.3 is 15.2 Å². The molecule has 2 atom stereocenters. The third kappa shape index (κ3) is 3.96. The SMILES string of the molecule is CCOC(=O)C1=C(N)OC2=C(C1c1ccc(Cl)cc1)C(c1ccccc1)N(c1ccccc1)C2=O. The van der Waals surface area contributed by atoms with Gasteiger partial charge in [-0.05, 0) is 42.3 Å². The van der Waals surface area contributed by atoms with Gasteiger partial charge in [0.05, 0.1) is 12.6 Å². The van der Waals surface area contributed by atoms with E-state index in [1.807, 2.05) is 72.8 Å². The zero-order valence-corrected chi connectivity index (χ0v) is 19.7. The van der Waals surface area contributed by atoms with Gasteiger partial charge in [0, 0.05) is 22.2 Å². The van der Waals surface area contributed by atoms with Crippen LogP contribution in [0.15, 0.2) is 108 Å². The van der Waals surface area contributed by atoms with Gasteiger partial charge in [0.1, 0.15) is 5.57 Å².